The normalized spacial score (nSPS) is 20.1. The first-order chi connectivity index (χ1) is 12.0. The van der Waals surface area contributed by atoms with Gasteiger partial charge in [0.15, 0.2) is 0 Å². The molecule has 1 saturated heterocycles. The first-order valence-corrected chi connectivity index (χ1v) is 9.12. The molecule has 1 aliphatic carbocycles. The second kappa shape index (κ2) is 7.47. The number of halogens is 1. The summed E-state index contributed by atoms with van der Waals surface area (Å²) in [6.07, 6.45) is 6.68. The van der Waals surface area contributed by atoms with Gasteiger partial charge in [0, 0.05) is 17.7 Å². The van der Waals surface area contributed by atoms with Crippen molar-refractivity contribution in [3.05, 3.63) is 27.9 Å². The summed E-state index contributed by atoms with van der Waals surface area (Å²) in [6.45, 7) is 0. The maximum Gasteiger partial charge on any atom is 0.329 e. The number of benzene rings is 1. The van der Waals surface area contributed by atoms with Crippen LogP contribution in [-0.4, -0.2) is 37.1 Å². The van der Waals surface area contributed by atoms with Gasteiger partial charge in [0.25, 0.3) is 5.91 Å². The molecule has 2 aliphatic rings. The molecule has 0 unspecified atom stereocenters. The van der Waals surface area contributed by atoms with Crippen LogP contribution in [0.15, 0.2) is 22.3 Å². The van der Waals surface area contributed by atoms with E-state index in [0.717, 1.165) is 30.2 Å². The number of carbonyl (C=O) groups excluding carboxylic acids is 2. The van der Waals surface area contributed by atoms with E-state index in [1.54, 1.807) is 32.4 Å². The maximum atomic E-state index is 12.7. The van der Waals surface area contributed by atoms with Crippen molar-refractivity contribution >= 4 is 33.9 Å². The predicted molar refractivity (Wildman–Crippen MR) is 97.5 cm³/mol. The molecule has 0 radical (unpaired) electrons. The van der Waals surface area contributed by atoms with Gasteiger partial charge in [0.05, 0.1) is 18.7 Å². The zero-order valence-electron chi connectivity index (χ0n) is 14.3. The number of methoxy groups -OCH3 is 2. The first kappa shape index (κ1) is 17.8. The Morgan fingerprint density at radius 1 is 1.12 bits per heavy atom. The third kappa shape index (κ3) is 3.51. The Labute approximate surface area is 155 Å². The van der Waals surface area contributed by atoms with Crippen molar-refractivity contribution in [1.29, 1.82) is 0 Å². The lowest BCUT2D eigenvalue weighted by Crippen LogP contribution is -2.41. The summed E-state index contributed by atoms with van der Waals surface area (Å²) in [5.41, 5.74) is 0.954. The molecule has 1 saturated carbocycles. The number of hydrogen-bond acceptors (Lipinski definition) is 4. The Morgan fingerprint density at radius 3 is 2.44 bits per heavy atom. The molecule has 1 aromatic carbocycles. The second-order valence-electron chi connectivity index (χ2n) is 6.18. The number of urea groups is 1. The van der Waals surface area contributed by atoms with Crippen LogP contribution in [0.25, 0.3) is 6.08 Å². The van der Waals surface area contributed by atoms with Crippen LogP contribution < -0.4 is 14.8 Å². The average Bonchev–Trinajstić information content (AvgIpc) is 2.89. The minimum absolute atomic E-state index is 0.00310. The van der Waals surface area contributed by atoms with Crippen LogP contribution in [0.3, 0.4) is 0 Å². The van der Waals surface area contributed by atoms with Crippen LogP contribution in [0.4, 0.5) is 4.79 Å². The highest BCUT2D eigenvalue weighted by atomic mass is 79.9. The molecule has 1 heterocycles. The van der Waals surface area contributed by atoms with Gasteiger partial charge in [0.1, 0.15) is 17.2 Å². The molecular formula is C18H21BrN2O4. The van der Waals surface area contributed by atoms with Crippen molar-refractivity contribution in [2.24, 2.45) is 0 Å². The van der Waals surface area contributed by atoms with E-state index in [4.69, 9.17) is 9.47 Å². The van der Waals surface area contributed by atoms with Gasteiger partial charge < -0.3 is 14.8 Å². The minimum atomic E-state index is -0.338. The van der Waals surface area contributed by atoms with Crippen LogP contribution in [0.1, 0.15) is 37.7 Å². The van der Waals surface area contributed by atoms with E-state index in [9.17, 15) is 9.59 Å². The maximum absolute atomic E-state index is 12.7. The molecule has 3 amide bonds. The zero-order valence-corrected chi connectivity index (χ0v) is 15.9. The molecular weight excluding hydrogens is 388 g/mol. The Bertz CT molecular complexity index is 726. The lowest BCUT2D eigenvalue weighted by molar-refractivity contribution is -0.124. The zero-order chi connectivity index (χ0) is 18.0. The van der Waals surface area contributed by atoms with E-state index in [-0.39, 0.29) is 23.7 Å². The number of ether oxygens (including phenoxy) is 2. The van der Waals surface area contributed by atoms with Gasteiger partial charge in [-0.1, -0.05) is 19.3 Å². The number of imide groups is 1. The molecule has 3 rings (SSSR count). The van der Waals surface area contributed by atoms with Crippen molar-refractivity contribution in [2.45, 2.75) is 38.1 Å². The summed E-state index contributed by atoms with van der Waals surface area (Å²) in [4.78, 5) is 26.4. The highest BCUT2D eigenvalue weighted by Crippen LogP contribution is 2.34. The van der Waals surface area contributed by atoms with E-state index in [2.05, 4.69) is 21.2 Å². The fourth-order valence-corrected chi connectivity index (χ4v) is 3.89. The molecule has 1 N–H and O–H groups in total. The van der Waals surface area contributed by atoms with E-state index < -0.39 is 0 Å². The smallest absolute Gasteiger partial charge is 0.329 e. The summed E-state index contributed by atoms with van der Waals surface area (Å²) >= 11 is 3.43. The Kier molecular flexibility index (Phi) is 5.32. The third-order valence-corrected chi connectivity index (χ3v) is 5.27. The van der Waals surface area contributed by atoms with Gasteiger partial charge in [-0.15, -0.1) is 0 Å². The second-order valence-corrected chi connectivity index (χ2v) is 7.04. The quantitative estimate of drug-likeness (QED) is 0.609. The molecule has 1 aromatic rings. The first-order valence-electron chi connectivity index (χ1n) is 8.33. The van der Waals surface area contributed by atoms with Gasteiger partial charge in [-0.3, -0.25) is 9.69 Å². The minimum Gasteiger partial charge on any atom is -0.496 e. The summed E-state index contributed by atoms with van der Waals surface area (Å²) in [7, 11) is 3.12. The Balaban J connectivity index is 1.90. The van der Waals surface area contributed by atoms with Gasteiger partial charge >= 0.3 is 6.03 Å². The number of rotatable bonds is 4. The summed E-state index contributed by atoms with van der Waals surface area (Å²) < 4.78 is 11.4. The highest BCUT2D eigenvalue weighted by molar-refractivity contribution is 9.10. The van der Waals surface area contributed by atoms with Gasteiger partial charge in [-0.25, -0.2) is 4.79 Å². The standard InChI is InChI=1S/C18H21BrN2O4/c1-24-15-10-16(25-2)13(19)8-11(15)9-14-17(22)21(18(23)20-14)12-6-4-3-5-7-12/h8-10,12H,3-7H2,1-2H3,(H,20,23)/b14-9-. The van der Waals surface area contributed by atoms with Gasteiger partial charge in [-0.05, 0) is 40.9 Å². The molecule has 2 fully saturated rings. The molecule has 134 valence electrons. The van der Waals surface area contributed by atoms with E-state index in [1.807, 2.05) is 0 Å². The molecule has 0 aromatic heterocycles. The Hall–Kier alpha value is -2.02. The fraction of sp³-hybridized carbons (Fsp3) is 0.444. The van der Waals surface area contributed by atoms with Crippen molar-refractivity contribution in [3.8, 4) is 11.5 Å². The fourth-order valence-electron chi connectivity index (χ4n) is 3.37. The van der Waals surface area contributed by atoms with Crippen LogP contribution in [0.5, 0.6) is 11.5 Å². The van der Waals surface area contributed by atoms with Gasteiger partial charge in [0.2, 0.25) is 0 Å². The molecule has 7 heteroatoms. The van der Waals surface area contributed by atoms with E-state index in [1.165, 1.54) is 11.3 Å². The molecule has 25 heavy (non-hydrogen) atoms. The SMILES string of the molecule is COc1cc(OC)c(/C=C2\NC(=O)N(C3CCCCC3)C2=O)cc1Br. The van der Waals surface area contributed by atoms with Crippen molar-refractivity contribution in [2.75, 3.05) is 14.2 Å². The van der Waals surface area contributed by atoms with E-state index >= 15 is 0 Å². The van der Waals surface area contributed by atoms with Crippen molar-refractivity contribution in [1.82, 2.24) is 10.2 Å². The number of hydrogen-bond donors (Lipinski definition) is 1. The molecule has 0 spiro atoms. The van der Waals surface area contributed by atoms with Crippen LogP contribution in [-0.2, 0) is 4.79 Å². The lowest BCUT2D eigenvalue weighted by atomic mass is 9.94. The van der Waals surface area contributed by atoms with Crippen molar-refractivity contribution in [3.63, 3.8) is 0 Å². The topological polar surface area (TPSA) is 67.9 Å². The van der Waals surface area contributed by atoms with Crippen LogP contribution in [0.2, 0.25) is 0 Å². The number of amides is 3. The highest BCUT2D eigenvalue weighted by Gasteiger charge is 2.39. The summed E-state index contributed by atoms with van der Waals surface area (Å²) in [5, 5.41) is 2.70. The molecule has 0 atom stereocenters. The summed E-state index contributed by atoms with van der Waals surface area (Å²) in [5.74, 6) is 0.918. The van der Waals surface area contributed by atoms with Crippen LogP contribution >= 0.6 is 15.9 Å². The molecule has 6 nitrogen and oxygen atoms in total. The summed E-state index contributed by atoms with van der Waals surface area (Å²) in [6, 6.07) is 3.19. The monoisotopic (exact) mass is 408 g/mol. The van der Waals surface area contributed by atoms with Gasteiger partial charge in [-0.2, -0.15) is 0 Å². The Morgan fingerprint density at radius 2 is 1.80 bits per heavy atom. The number of nitrogens with one attached hydrogen (secondary N) is 1. The third-order valence-electron chi connectivity index (χ3n) is 4.65. The van der Waals surface area contributed by atoms with Crippen molar-refractivity contribution < 1.29 is 19.1 Å². The largest absolute Gasteiger partial charge is 0.496 e. The van der Waals surface area contributed by atoms with E-state index in [0.29, 0.717) is 17.1 Å². The predicted octanol–water partition coefficient (Wildman–Crippen LogP) is 3.69. The lowest BCUT2D eigenvalue weighted by Gasteiger charge is -2.28. The number of nitrogens with zero attached hydrogens (tertiary/aromatic N) is 1. The number of carbonyl (C=O) groups is 2. The molecule has 1 aliphatic heterocycles. The molecule has 0 bridgehead atoms. The van der Waals surface area contributed by atoms with Crippen LogP contribution in [0, 0.1) is 0 Å². The average molecular weight is 409 g/mol.